The van der Waals surface area contributed by atoms with Crippen LogP contribution in [0.25, 0.3) is 11.1 Å². The summed E-state index contributed by atoms with van der Waals surface area (Å²) in [6.45, 7) is 7.07. The number of aliphatic carboxylic acids is 1. The molecule has 1 spiro atoms. The monoisotopic (exact) mass is 528 g/mol. The molecule has 3 aromatic carbocycles. The van der Waals surface area contributed by atoms with E-state index in [2.05, 4.69) is 39.0 Å². The molecule has 3 aromatic rings. The highest BCUT2D eigenvalue weighted by Crippen LogP contribution is 2.66. The van der Waals surface area contributed by atoms with Crippen molar-refractivity contribution in [3.05, 3.63) is 82.7 Å². The first-order chi connectivity index (χ1) is 18.7. The Labute approximate surface area is 230 Å². The third-order valence-electron chi connectivity index (χ3n) is 10.0. The summed E-state index contributed by atoms with van der Waals surface area (Å²) >= 11 is 0. The van der Waals surface area contributed by atoms with Gasteiger partial charge in [0, 0.05) is 11.0 Å². The van der Waals surface area contributed by atoms with Crippen molar-refractivity contribution < 1.29 is 23.8 Å². The maximum absolute atomic E-state index is 15.1. The lowest BCUT2D eigenvalue weighted by Gasteiger charge is -2.30. The second kappa shape index (κ2) is 9.39. The topological polar surface area (TPSA) is 55.8 Å². The number of hydrogen-bond donors (Lipinski definition) is 1. The zero-order chi connectivity index (χ0) is 27.5. The van der Waals surface area contributed by atoms with Crippen LogP contribution in [0.3, 0.4) is 0 Å². The van der Waals surface area contributed by atoms with Gasteiger partial charge in [-0.25, -0.2) is 4.39 Å². The van der Waals surface area contributed by atoms with Gasteiger partial charge in [0.15, 0.2) is 0 Å². The summed E-state index contributed by atoms with van der Waals surface area (Å²) in [5.74, 6) is 0.616. The Morgan fingerprint density at radius 3 is 2.51 bits per heavy atom. The summed E-state index contributed by atoms with van der Waals surface area (Å²) in [5.41, 5.74) is 5.95. The van der Waals surface area contributed by atoms with Crippen LogP contribution in [0.2, 0.25) is 0 Å². The third kappa shape index (κ3) is 4.21. The lowest BCUT2D eigenvalue weighted by atomic mass is 9.75. The molecule has 5 heteroatoms. The SMILES string of the molecule is COc1ccc(F)c(-c2ccc(COc3ccc4c(c3)C3(CC4)C(C(=O)O)[C@@H]3C)cc2C2CCCC2(C)C)c1. The van der Waals surface area contributed by atoms with Gasteiger partial charge in [-0.3, -0.25) is 4.79 Å². The molecule has 0 aromatic heterocycles. The van der Waals surface area contributed by atoms with E-state index in [1.165, 1.54) is 11.6 Å². The number of carboxylic acids is 1. The minimum Gasteiger partial charge on any atom is -0.497 e. The van der Waals surface area contributed by atoms with E-state index < -0.39 is 5.97 Å². The van der Waals surface area contributed by atoms with E-state index >= 15 is 4.39 Å². The van der Waals surface area contributed by atoms with Crippen LogP contribution in [-0.2, 0) is 23.2 Å². The molecular formula is C34H37FO4. The highest BCUT2D eigenvalue weighted by molar-refractivity contribution is 5.79. The summed E-state index contributed by atoms with van der Waals surface area (Å²) in [7, 11) is 1.60. The summed E-state index contributed by atoms with van der Waals surface area (Å²) in [4.78, 5) is 11.9. The van der Waals surface area contributed by atoms with Gasteiger partial charge >= 0.3 is 5.97 Å². The summed E-state index contributed by atoms with van der Waals surface area (Å²) in [5, 5.41) is 9.74. The maximum Gasteiger partial charge on any atom is 0.307 e. The van der Waals surface area contributed by atoms with Crippen LogP contribution in [0.15, 0.2) is 54.6 Å². The molecule has 204 valence electrons. The van der Waals surface area contributed by atoms with Crippen LogP contribution in [0.1, 0.15) is 74.6 Å². The fourth-order valence-corrected chi connectivity index (χ4v) is 7.78. The molecule has 0 heterocycles. The fourth-order valence-electron chi connectivity index (χ4n) is 7.78. The second-order valence-corrected chi connectivity index (χ2v) is 12.5. The minimum absolute atomic E-state index is 0.125. The van der Waals surface area contributed by atoms with Gasteiger partial charge in [-0.15, -0.1) is 0 Å². The van der Waals surface area contributed by atoms with Gasteiger partial charge < -0.3 is 14.6 Å². The van der Waals surface area contributed by atoms with Crippen molar-refractivity contribution >= 4 is 5.97 Å². The number of rotatable bonds is 7. The first kappa shape index (κ1) is 25.9. The Hall–Kier alpha value is -3.34. The predicted molar refractivity (Wildman–Crippen MR) is 150 cm³/mol. The maximum atomic E-state index is 15.1. The van der Waals surface area contributed by atoms with Crippen LogP contribution in [0.4, 0.5) is 4.39 Å². The van der Waals surface area contributed by atoms with Gasteiger partial charge in [-0.2, -0.15) is 0 Å². The van der Waals surface area contributed by atoms with Crippen molar-refractivity contribution in [2.24, 2.45) is 17.3 Å². The van der Waals surface area contributed by atoms with Gasteiger partial charge in [0.25, 0.3) is 0 Å². The number of carbonyl (C=O) groups is 1. The van der Waals surface area contributed by atoms with Gasteiger partial charge in [0.2, 0.25) is 0 Å². The summed E-state index contributed by atoms with van der Waals surface area (Å²) in [6.07, 6.45) is 5.20. The van der Waals surface area contributed by atoms with E-state index in [0.717, 1.165) is 60.1 Å². The lowest BCUT2D eigenvalue weighted by molar-refractivity contribution is -0.139. The van der Waals surface area contributed by atoms with E-state index in [9.17, 15) is 9.90 Å². The normalized spacial score (nSPS) is 26.4. The third-order valence-corrected chi connectivity index (χ3v) is 10.0. The minimum atomic E-state index is -0.698. The van der Waals surface area contributed by atoms with Crippen LogP contribution in [-0.4, -0.2) is 18.2 Å². The molecule has 39 heavy (non-hydrogen) atoms. The summed E-state index contributed by atoms with van der Waals surface area (Å²) in [6, 6.07) is 17.3. The van der Waals surface area contributed by atoms with Crippen molar-refractivity contribution in [2.75, 3.05) is 7.11 Å². The molecule has 1 N–H and O–H groups in total. The van der Waals surface area contributed by atoms with E-state index in [1.807, 2.05) is 18.2 Å². The van der Waals surface area contributed by atoms with Crippen LogP contribution in [0, 0.1) is 23.1 Å². The number of halogens is 1. The largest absolute Gasteiger partial charge is 0.497 e. The average Bonchev–Trinajstić information content (AvgIpc) is 3.15. The molecule has 4 atom stereocenters. The first-order valence-corrected chi connectivity index (χ1v) is 14.1. The number of aryl methyl sites for hydroxylation is 1. The fraction of sp³-hybridized carbons (Fsp3) is 0.441. The number of fused-ring (bicyclic) bond motifs is 2. The lowest BCUT2D eigenvalue weighted by Crippen LogP contribution is -2.17. The molecule has 0 bridgehead atoms. The van der Waals surface area contributed by atoms with Crippen molar-refractivity contribution in [3.8, 4) is 22.6 Å². The smallest absolute Gasteiger partial charge is 0.307 e. The Balaban J connectivity index is 1.31. The Morgan fingerprint density at radius 1 is 1.03 bits per heavy atom. The quantitative estimate of drug-likeness (QED) is 0.339. The summed E-state index contributed by atoms with van der Waals surface area (Å²) < 4.78 is 26.8. The molecule has 0 aliphatic heterocycles. The Kier molecular flexibility index (Phi) is 6.24. The van der Waals surface area contributed by atoms with Crippen LogP contribution >= 0.6 is 0 Å². The van der Waals surface area contributed by atoms with Crippen LogP contribution in [0.5, 0.6) is 11.5 Å². The second-order valence-electron chi connectivity index (χ2n) is 12.5. The molecular weight excluding hydrogens is 491 g/mol. The molecule has 0 saturated heterocycles. The molecule has 6 rings (SSSR count). The van der Waals surface area contributed by atoms with Crippen LogP contribution < -0.4 is 9.47 Å². The first-order valence-electron chi connectivity index (χ1n) is 14.1. The standard InChI is InChI=1S/C34H37FO4/c1-20-31(32(36)37)34(20)15-13-22-8-9-24(18-29(22)34)39-19-21-7-11-25(27-17-23(38-4)10-12-30(27)35)26(16-21)28-6-5-14-33(28,2)3/h7-12,16-18,20,28,31H,5-6,13-15,19H2,1-4H3,(H,36,37)/t20-,28?,31?,34?/m0/s1. The molecule has 3 unspecified atom stereocenters. The van der Waals surface area contributed by atoms with Crippen molar-refractivity contribution in [1.82, 2.24) is 0 Å². The predicted octanol–water partition coefficient (Wildman–Crippen LogP) is 7.91. The molecule has 0 radical (unpaired) electrons. The molecule has 2 fully saturated rings. The van der Waals surface area contributed by atoms with Gasteiger partial charge in [0.05, 0.1) is 13.0 Å². The van der Waals surface area contributed by atoms with E-state index in [0.29, 0.717) is 23.8 Å². The van der Waals surface area contributed by atoms with Crippen molar-refractivity contribution in [1.29, 1.82) is 0 Å². The van der Waals surface area contributed by atoms with Gasteiger partial charge in [-0.1, -0.05) is 51.5 Å². The average molecular weight is 529 g/mol. The van der Waals surface area contributed by atoms with E-state index in [-0.39, 0.29) is 28.5 Å². The van der Waals surface area contributed by atoms with Crippen molar-refractivity contribution in [2.45, 2.75) is 70.8 Å². The highest BCUT2D eigenvalue weighted by Gasteiger charge is 2.68. The number of methoxy groups -OCH3 is 1. The molecule has 2 saturated carbocycles. The molecule has 0 amide bonds. The molecule has 3 aliphatic rings. The number of carboxylic acid groups (broad SMARTS) is 1. The number of benzene rings is 3. The van der Waals surface area contributed by atoms with E-state index in [1.54, 1.807) is 19.2 Å². The van der Waals surface area contributed by atoms with Gasteiger partial charge in [0.1, 0.15) is 23.9 Å². The zero-order valence-electron chi connectivity index (χ0n) is 23.2. The van der Waals surface area contributed by atoms with E-state index in [4.69, 9.17) is 9.47 Å². The number of ether oxygens (including phenoxy) is 2. The molecule has 3 aliphatic carbocycles. The zero-order valence-corrected chi connectivity index (χ0v) is 23.2. The number of hydrogen-bond acceptors (Lipinski definition) is 3. The Morgan fingerprint density at radius 2 is 1.82 bits per heavy atom. The Bertz CT molecular complexity index is 1440. The van der Waals surface area contributed by atoms with Gasteiger partial charge in [-0.05, 0) is 101 Å². The molecule has 4 nitrogen and oxygen atoms in total. The highest BCUT2D eigenvalue weighted by atomic mass is 19.1. The van der Waals surface area contributed by atoms with Crippen molar-refractivity contribution in [3.63, 3.8) is 0 Å².